The number of fused-ring (bicyclic) bond motifs is 8. The Bertz CT molecular complexity index is 3360. The molecule has 1 aliphatic rings. The summed E-state index contributed by atoms with van der Waals surface area (Å²) in [5.41, 5.74) is 11.3. The fourth-order valence-corrected chi connectivity index (χ4v) is 8.94. The van der Waals surface area contributed by atoms with Gasteiger partial charge in [-0.2, -0.15) is 0 Å². The summed E-state index contributed by atoms with van der Waals surface area (Å²) in [4.78, 5) is 4.68. The van der Waals surface area contributed by atoms with E-state index in [-0.39, 0.29) is 0 Å². The molecule has 1 aliphatic heterocycles. The highest BCUT2D eigenvalue weighted by atomic mass is 16.5. The fraction of sp³-hybridized carbons (Fsp3) is 0. The number of hydrogen-bond acceptors (Lipinski definition) is 4. The van der Waals surface area contributed by atoms with Crippen molar-refractivity contribution in [2.24, 2.45) is 0 Å². The quantitative estimate of drug-likeness (QED) is 0.169. The number of para-hydroxylation sites is 5. The molecule has 3 heterocycles. The molecule has 0 atom stereocenters. The van der Waals surface area contributed by atoms with E-state index in [4.69, 9.17) is 9.15 Å². The van der Waals surface area contributed by atoms with Crippen LogP contribution in [0.15, 0.2) is 217 Å². The number of hydrogen-bond donors (Lipinski definition) is 0. The first-order valence-electron chi connectivity index (χ1n) is 19.9. The highest BCUT2D eigenvalue weighted by Crippen LogP contribution is 2.55. The van der Waals surface area contributed by atoms with Crippen LogP contribution in [-0.2, 0) is 0 Å². The van der Waals surface area contributed by atoms with Gasteiger partial charge in [-0.1, -0.05) is 121 Å². The maximum Gasteiger partial charge on any atom is 0.178 e. The summed E-state index contributed by atoms with van der Waals surface area (Å²) in [5, 5.41) is 5.68. The van der Waals surface area contributed by atoms with Crippen LogP contribution >= 0.6 is 0 Å². The second kappa shape index (κ2) is 13.3. The molecule has 9 aromatic carbocycles. The Labute approximate surface area is 340 Å². The minimum absolute atomic E-state index is 0.812. The lowest BCUT2D eigenvalue weighted by atomic mass is 9.98. The summed E-state index contributed by atoms with van der Waals surface area (Å²) in [7, 11) is 0. The number of ether oxygens (including phenoxy) is 1. The third-order valence-electron chi connectivity index (χ3n) is 11.6. The van der Waals surface area contributed by atoms with Crippen molar-refractivity contribution < 1.29 is 9.15 Å². The van der Waals surface area contributed by atoms with E-state index in [1.165, 1.54) is 21.9 Å². The first-order chi connectivity index (χ1) is 29.3. The molecule has 11 aromatic rings. The monoisotopic (exact) mass is 757 g/mol. The van der Waals surface area contributed by atoms with Crippen molar-refractivity contribution in [3.8, 4) is 28.3 Å². The molecular weight excluding hydrogens is 723 g/mol. The van der Waals surface area contributed by atoms with E-state index in [0.29, 0.717) is 0 Å². The van der Waals surface area contributed by atoms with Gasteiger partial charge in [-0.05, 0) is 113 Å². The Balaban J connectivity index is 1.04. The van der Waals surface area contributed by atoms with Gasteiger partial charge in [0.1, 0.15) is 11.2 Å². The van der Waals surface area contributed by atoms with Gasteiger partial charge in [0.2, 0.25) is 0 Å². The largest absolute Gasteiger partial charge is 0.456 e. The molecule has 5 heteroatoms. The summed E-state index contributed by atoms with van der Waals surface area (Å²) >= 11 is 0. The molecule has 0 aliphatic carbocycles. The summed E-state index contributed by atoms with van der Waals surface area (Å²) < 4.78 is 15.5. The van der Waals surface area contributed by atoms with E-state index < -0.39 is 0 Å². The molecule has 0 amide bonds. The first kappa shape index (κ1) is 33.2. The standard InChI is InChI=1S/C54H35N3O2/c1-2-16-38(17-3-1)56-46-22-8-6-19-44(46)53-54(56)57(47-23-9-11-26-50(47)59-53)41-34-32-40(33-35-41)55(48-24-13-27-51-52(48)45-20-7-10-25-49(45)58-51)39-30-28-37(29-31-39)43-21-12-15-36-14-4-5-18-42(36)43/h1-35H. The Hall–Kier alpha value is -8.02. The molecule has 59 heavy (non-hydrogen) atoms. The second-order valence-electron chi connectivity index (χ2n) is 14.9. The number of nitrogens with zero attached hydrogens (tertiary/aromatic N) is 3. The van der Waals surface area contributed by atoms with Crippen LogP contribution in [0.4, 0.5) is 34.3 Å². The Kier molecular flexibility index (Phi) is 7.47. The van der Waals surface area contributed by atoms with Gasteiger partial charge >= 0.3 is 0 Å². The molecule has 12 rings (SSSR count). The van der Waals surface area contributed by atoms with Crippen molar-refractivity contribution >= 4 is 77.9 Å². The molecule has 0 radical (unpaired) electrons. The van der Waals surface area contributed by atoms with Crippen LogP contribution in [0.25, 0.3) is 60.4 Å². The van der Waals surface area contributed by atoms with E-state index >= 15 is 0 Å². The Morgan fingerprint density at radius 2 is 1.08 bits per heavy atom. The van der Waals surface area contributed by atoms with Gasteiger partial charge in [-0.15, -0.1) is 0 Å². The van der Waals surface area contributed by atoms with Crippen LogP contribution in [0.1, 0.15) is 0 Å². The van der Waals surface area contributed by atoms with Gasteiger partial charge < -0.3 is 14.1 Å². The fourth-order valence-electron chi connectivity index (χ4n) is 8.94. The third-order valence-corrected chi connectivity index (χ3v) is 11.6. The summed E-state index contributed by atoms with van der Waals surface area (Å²) in [6.07, 6.45) is 0. The Morgan fingerprint density at radius 3 is 1.93 bits per heavy atom. The Morgan fingerprint density at radius 1 is 0.441 bits per heavy atom. The molecule has 278 valence electrons. The topological polar surface area (TPSA) is 33.8 Å². The zero-order chi connectivity index (χ0) is 38.9. The van der Waals surface area contributed by atoms with Gasteiger partial charge in [0.25, 0.3) is 0 Å². The SMILES string of the molecule is c1ccc(-n2c3c(c4ccccc42)Oc2ccccc2N3c2ccc(N(c3ccc(-c4cccc5ccccc45)cc3)c3cccc4oc5ccccc5c34)cc2)cc1. The average molecular weight is 758 g/mol. The van der Waals surface area contributed by atoms with Crippen LogP contribution in [0.3, 0.4) is 0 Å². The minimum atomic E-state index is 0.812. The smallest absolute Gasteiger partial charge is 0.178 e. The lowest BCUT2D eigenvalue weighted by molar-refractivity contribution is 0.481. The number of aromatic nitrogens is 1. The lowest BCUT2D eigenvalue weighted by Gasteiger charge is -2.33. The van der Waals surface area contributed by atoms with Gasteiger partial charge in [-0.3, -0.25) is 9.47 Å². The predicted molar refractivity (Wildman–Crippen MR) is 243 cm³/mol. The van der Waals surface area contributed by atoms with Crippen LogP contribution in [-0.4, -0.2) is 4.57 Å². The van der Waals surface area contributed by atoms with Crippen LogP contribution < -0.4 is 14.5 Å². The molecule has 0 bridgehead atoms. The van der Waals surface area contributed by atoms with Crippen molar-refractivity contribution in [1.29, 1.82) is 0 Å². The van der Waals surface area contributed by atoms with Gasteiger partial charge in [-0.25, -0.2) is 0 Å². The van der Waals surface area contributed by atoms with Crippen LogP contribution in [0, 0.1) is 0 Å². The van der Waals surface area contributed by atoms with Gasteiger partial charge in [0.05, 0.1) is 22.3 Å². The lowest BCUT2D eigenvalue weighted by Crippen LogP contribution is -2.18. The normalized spacial score (nSPS) is 12.2. The average Bonchev–Trinajstić information content (AvgIpc) is 3.85. The van der Waals surface area contributed by atoms with Crippen molar-refractivity contribution in [1.82, 2.24) is 4.57 Å². The molecule has 0 N–H and O–H groups in total. The van der Waals surface area contributed by atoms with Crippen LogP contribution in [0.2, 0.25) is 0 Å². The van der Waals surface area contributed by atoms with Crippen molar-refractivity contribution in [3.05, 3.63) is 212 Å². The van der Waals surface area contributed by atoms with Crippen molar-refractivity contribution in [2.75, 3.05) is 9.80 Å². The number of furan rings is 1. The minimum Gasteiger partial charge on any atom is -0.456 e. The van der Waals surface area contributed by atoms with Crippen molar-refractivity contribution in [3.63, 3.8) is 0 Å². The number of rotatable bonds is 6. The maximum atomic E-state index is 6.78. The maximum absolute atomic E-state index is 6.78. The molecule has 0 unspecified atom stereocenters. The molecule has 0 fully saturated rings. The third kappa shape index (κ3) is 5.25. The highest BCUT2D eigenvalue weighted by Gasteiger charge is 2.33. The number of benzene rings is 9. The summed E-state index contributed by atoms with van der Waals surface area (Å²) in [6.45, 7) is 0. The molecule has 0 saturated heterocycles. The predicted octanol–water partition coefficient (Wildman–Crippen LogP) is 15.4. The van der Waals surface area contributed by atoms with Crippen molar-refractivity contribution in [2.45, 2.75) is 0 Å². The highest BCUT2D eigenvalue weighted by molar-refractivity contribution is 6.13. The molecule has 2 aromatic heterocycles. The van der Waals surface area contributed by atoms with E-state index in [2.05, 4.69) is 202 Å². The molecule has 0 saturated carbocycles. The van der Waals surface area contributed by atoms with E-state index in [1.807, 2.05) is 24.3 Å². The molecule has 5 nitrogen and oxygen atoms in total. The zero-order valence-electron chi connectivity index (χ0n) is 31.9. The summed E-state index contributed by atoms with van der Waals surface area (Å²) in [6, 6.07) is 74.8. The molecular formula is C54H35N3O2. The molecule has 0 spiro atoms. The summed E-state index contributed by atoms with van der Waals surface area (Å²) in [5.74, 6) is 2.60. The van der Waals surface area contributed by atoms with Crippen LogP contribution in [0.5, 0.6) is 11.5 Å². The van der Waals surface area contributed by atoms with E-state index in [9.17, 15) is 0 Å². The number of anilines is 6. The van der Waals surface area contributed by atoms with Gasteiger partial charge in [0, 0.05) is 33.5 Å². The van der Waals surface area contributed by atoms with Gasteiger partial charge in [0.15, 0.2) is 17.3 Å². The zero-order valence-corrected chi connectivity index (χ0v) is 31.9. The van der Waals surface area contributed by atoms with E-state index in [1.54, 1.807) is 0 Å². The second-order valence-corrected chi connectivity index (χ2v) is 14.9. The van der Waals surface area contributed by atoms with E-state index in [0.717, 1.165) is 84.3 Å². The first-order valence-corrected chi connectivity index (χ1v) is 19.9.